The normalized spacial score (nSPS) is 11.8. The van der Waals surface area contributed by atoms with Gasteiger partial charge in [-0.2, -0.15) is 5.26 Å². The highest BCUT2D eigenvalue weighted by Gasteiger charge is 2.58. The second-order valence-electron chi connectivity index (χ2n) is 6.32. The van der Waals surface area contributed by atoms with Crippen molar-refractivity contribution < 1.29 is 23.9 Å². The molecule has 6 nitrogen and oxygen atoms in total. The lowest BCUT2D eigenvalue weighted by Gasteiger charge is -2.34. The lowest BCUT2D eigenvalue weighted by Crippen LogP contribution is -2.49. The van der Waals surface area contributed by atoms with E-state index in [0.29, 0.717) is 11.1 Å². The number of benzene rings is 2. The summed E-state index contributed by atoms with van der Waals surface area (Å²) in [5.74, 6) is -3.63. The largest absolute Gasteiger partial charge is 0.465 e. The summed E-state index contributed by atoms with van der Waals surface area (Å²) in [7, 11) is 0. The molecule has 2 aromatic rings. The van der Waals surface area contributed by atoms with Crippen LogP contribution in [0.25, 0.3) is 0 Å². The van der Waals surface area contributed by atoms with Gasteiger partial charge in [0.25, 0.3) is 0 Å². The van der Waals surface area contributed by atoms with Crippen LogP contribution in [0.1, 0.15) is 42.1 Å². The van der Waals surface area contributed by atoms with Crippen LogP contribution >= 0.6 is 0 Å². The summed E-state index contributed by atoms with van der Waals surface area (Å²) in [5, 5.41) is 9.51. The Hall–Kier alpha value is -3.46. The summed E-state index contributed by atoms with van der Waals surface area (Å²) >= 11 is 0. The predicted molar refractivity (Wildman–Crippen MR) is 106 cm³/mol. The molecule has 1 unspecified atom stereocenters. The maximum atomic E-state index is 13.6. The standard InChI is InChI=1S/C23H23NO5/c1-3-28-21(26)23(15-16-24,22(27)29-4-2)19(17-11-7-5-8-12-17)20(25)18-13-9-6-10-14-18/h5-14,19H,3-4,15H2,1-2H3. The van der Waals surface area contributed by atoms with E-state index < -0.39 is 35.5 Å². The SMILES string of the molecule is CCOC(=O)C(CC#N)(C(=O)OCC)C(C(=O)c1ccccc1)c1ccccc1. The van der Waals surface area contributed by atoms with Gasteiger partial charge in [-0.05, 0) is 19.4 Å². The molecule has 0 aliphatic heterocycles. The van der Waals surface area contributed by atoms with Crippen molar-refractivity contribution >= 4 is 17.7 Å². The third kappa shape index (κ3) is 4.52. The molecule has 1 atom stereocenters. The number of hydrogen-bond donors (Lipinski definition) is 0. The van der Waals surface area contributed by atoms with Crippen LogP contribution in [0.15, 0.2) is 60.7 Å². The van der Waals surface area contributed by atoms with Gasteiger partial charge >= 0.3 is 11.9 Å². The molecule has 0 heterocycles. The van der Waals surface area contributed by atoms with Gasteiger partial charge in [0.15, 0.2) is 11.2 Å². The van der Waals surface area contributed by atoms with E-state index in [9.17, 15) is 19.6 Å². The summed E-state index contributed by atoms with van der Waals surface area (Å²) in [6.07, 6.45) is -0.553. The highest BCUT2D eigenvalue weighted by atomic mass is 16.6. The fourth-order valence-corrected chi connectivity index (χ4v) is 3.28. The molecule has 0 aliphatic rings. The molecule has 0 saturated heterocycles. The number of nitriles is 1. The van der Waals surface area contributed by atoms with Crippen LogP contribution in [-0.2, 0) is 19.1 Å². The van der Waals surface area contributed by atoms with E-state index in [1.54, 1.807) is 74.5 Å². The van der Waals surface area contributed by atoms with E-state index in [-0.39, 0.29) is 13.2 Å². The van der Waals surface area contributed by atoms with Crippen molar-refractivity contribution in [2.24, 2.45) is 5.41 Å². The van der Waals surface area contributed by atoms with E-state index in [1.165, 1.54) is 0 Å². The van der Waals surface area contributed by atoms with Gasteiger partial charge in [0, 0.05) is 5.56 Å². The first-order chi connectivity index (χ1) is 14.0. The van der Waals surface area contributed by atoms with Crippen LogP contribution in [0.5, 0.6) is 0 Å². The highest BCUT2D eigenvalue weighted by molar-refractivity contribution is 6.12. The third-order valence-corrected chi connectivity index (χ3v) is 4.58. The smallest absolute Gasteiger partial charge is 0.325 e. The third-order valence-electron chi connectivity index (χ3n) is 4.58. The monoisotopic (exact) mass is 393 g/mol. The maximum absolute atomic E-state index is 13.6. The topological polar surface area (TPSA) is 93.5 Å². The molecular weight excluding hydrogens is 370 g/mol. The zero-order chi connectivity index (χ0) is 21.3. The van der Waals surface area contributed by atoms with Gasteiger partial charge in [-0.15, -0.1) is 0 Å². The molecule has 0 bridgehead atoms. The highest BCUT2D eigenvalue weighted by Crippen LogP contribution is 2.44. The Kier molecular flexibility index (Phi) is 7.67. The molecule has 0 amide bonds. The zero-order valence-corrected chi connectivity index (χ0v) is 16.5. The van der Waals surface area contributed by atoms with Gasteiger partial charge < -0.3 is 9.47 Å². The van der Waals surface area contributed by atoms with Gasteiger partial charge in [0.2, 0.25) is 0 Å². The van der Waals surface area contributed by atoms with Crippen molar-refractivity contribution in [1.29, 1.82) is 5.26 Å². The van der Waals surface area contributed by atoms with Crippen LogP contribution in [0.2, 0.25) is 0 Å². The fraction of sp³-hybridized carbons (Fsp3) is 0.304. The molecule has 2 aromatic carbocycles. The molecule has 2 rings (SSSR count). The minimum Gasteiger partial charge on any atom is -0.465 e. The van der Waals surface area contributed by atoms with Crippen LogP contribution < -0.4 is 0 Å². The van der Waals surface area contributed by atoms with Gasteiger partial charge in [-0.25, -0.2) is 0 Å². The minimum absolute atomic E-state index is 0.00749. The number of ketones is 1. The Labute approximate surface area is 170 Å². The Balaban J connectivity index is 2.78. The predicted octanol–water partition coefficient (Wildman–Crippen LogP) is 3.68. The van der Waals surface area contributed by atoms with Gasteiger partial charge in [-0.3, -0.25) is 14.4 Å². The number of rotatable bonds is 9. The van der Waals surface area contributed by atoms with Gasteiger partial charge in [0.1, 0.15) is 0 Å². The summed E-state index contributed by atoms with van der Waals surface area (Å²) in [6, 6.07) is 18.7. The quantitative estimate of drug-likeness (QED) is 0.366. The van der Waals surface area contributed by atoms with Crippen molar-refractivity contribution in [3.8, 4) is 6.07 Å². The molecule has 150 valence electrons. The summed E-state index contributed by atoms with van der Waals surface area (Å²) in [4.78, 5) is 39.8. The number of esters is 2. The van der Waals surface area contributed by atoms with Crippen molar-refractivity contribution in [3.63, 3.8) is 0 Å². The lowest BCUT2D eigenvalue weighted by molar-refractivity contribution is -0.173. The molecule has 0 N–H and O–H groups in total. The Bertz CT molecular complexity index is 868. The average molecular weight is 393 g/mol. The Morgan fingerprint density at radius 1 is 0.897 bits per heavy atom. The van der Waals surface area contributed by atoms with Crippen molar-refractivity contribution in [2.45, 2.75) is 26.2 Å². The molecule has 0 spiro atoms. The van der Waals surface area contributed by atoms with E-state index in [1.807, 2.05) is 6.07 Å². The second-order valence-corrected chi connectivity index (χ2v) is 6.32. The molecule has 0 radical (unpaired) electrons. The molecular formula is C23H23NO5. The van der Waals surface area contributed by atoms with E-state index in [4.69, 9.17) is 9.47 Å². The van der Waals surface area contributed by atoms with Gasteiger partial charge in [-0.1, -0.05) is 60.7 Å². The zero-order valence-electron chi connectivity index (χ0n) is 16.5. The first-order valence-corrected chi connectivity index (χ1v) is 9.38. The van der Waals surface area contributed by atoms with Crippen LogP contribution in [0.3, 0.4) is 0 Å². The Morgan fingerprint density at radius 3 is 1.83 bits per heavy atom. The van der Waals surface area contributed by atoms with Crippen LogP contribution in [0, 0.1) is 16.7 Å². The minimum atomic E-state index is -2.12. The van der Waals surface area contributed by atoms with Crippen molar-refractivity contribution in [1.82, 2.24) is 0 Å². The van der Waals surface area contributed by atoms with E-state index in [2.05, 4.69) is 0 Å². The Morgan fingerprint density at radius 2 is 1.38 bits per heavy atom. The number of nitrogens with zero attached hydrogens (tertiary/aromatic N) is 1. The fourth-order valence-electron chi connectivity index (χ4n) is 3.28. The molecule has 29 heavy (non-hydrogen) atoms. The van der Waals surface area contributed by atoms with Crippen LogP contribution in [0.4, 0.5) is 0 Å². The average Bonchev–Trinajstić information content (AvgIpc) is 2.74. The molecule has 0 saturated carbocycles. The van der Waals surface area contributed by atoms with Gasteiger partial charge in [0.05, 0.1) is 31.6 Å². The molecule has 0 aromatic heterocycles. The van der Waals surface area contributed by atoms with Crippen LogP contribution in [-0.4, -0.2) is 30.9 Å². The summed E-state index contributed by atoms with van der Waals surface area (Å²) < 4.78 is 10.3. The molecule has 0 aliphatic carbocycles. The summed E-state index contributed by atoms with van der Waals surface area (Å²) in [6.45, 7) is 3.17. The molecule has 0 fully saturated rings. The molecule has 6 heteroatoms. The van der Waals surface area contributed by atoms with E-state index >= 15 is 0 Å². The number of carbonyl (C=O) groups excluding carboxylic acids is 3. The first kappa shape index (κ1) is 21.8. The van der Waals surface area contributed by atoms with Crippen molar-refractivity contribution in [3.05, 3.63) is 71.8 Å². The van der Waals surface area contributed by atoms with Crippen molar-refractivity contribution in [2.75, 3.05) is 13.2 Å². The van der Waals surface area contributed by atoms with E-state index in [0.717, 1.165) is 0 Å². The first-order valence-electron chi connectivity index (χ1n) is 9.38. The second kappa shape index (κ2) is 10.2. The number of hydrogen-bond acceptors (Lipinski definition) is 6. The number of Topliss-reactive ketones (excluding diaryl/α,β-unsaturated/α-hetero) is 1. The maximum Gasteiger partial charge on any atom is 0.325 e. The number of ether oxygens (including phenoxy) is 2. The summed E-state index contributed by atoms with van der Waals surface area (Å²) in [5.41, 5.74) is -1.37. The lowest BCUT2D eigenvalue weighted by atomic mass is 9.67. The number of carbonyl (C=O) groups is 3.